The summed E-state index contributed by atoms with van der Waals surface area (Å²) in [5, 5.41) is 3.91. The average molecular weight is 388 g/mol. The normalized spacial score (nSPS) is 10.3. The summed E-state index contributed by atoms with van der Waals surface area (Å²) in [4.78, 5) is 23.4. The molecule has 0 spiro atoms. The summed E-state index contributed by atoms with van der Waals surface area (Å²) >= 11 is 0. The first-order chi connectivity index (χ1) is 13.5. The number of methoxy groups -OCH3 is 4. The van der Waals surface area contributed by atoms with Crippen molar-refractivity contribution in [2.24, 2.45) is 5.10 Å². The van der Waals surface area contributed by atoms with Crippen LogP contribution in [0.3, 0.4) is 0 Å². The van der Waals surface area contributed by atoms with Gasteiger partial charge in [0.1, 0.15) is 0 Å². The fraction of sp³-hybridized carbons (Fsp3) is 0.211. The minimum absolute atomic E-state index is 0.195. The SMILES string of the molecule is COC(=O)Oc1ccc(C=NNC(=O)c2ccc(OC)c(OC)c2)cc1OC. The number of hydrogen-bond donors (Lipinski definition) is 1. The van der Waals surface area contributed by atoms with E-state index in [1.807, 2.05) is 0 Å². The van der Waals surface area contributed by atoms with Crippen molar-refractivity contribution >= 4 is 18.3 Å². The maximum atomic E-state index is 12.2. The Kier molecular flexibility index (Phi) is 7.21. The molecule has 2 aromatic carbocycles. The van der Waals surface area contributed by atoms with Gasteiger partial charge in [0, 0.05) is 5.56 Å². The Morgan fingerprint density at radius 1 is 0.857 bits per heavy atom. The second kappa shape index (κ2) is 9.81. The summed E-state index contributed by atoms with van der Waals surface area (Å²) < 4.78 is 24.9. The summed E-state index contributed by atoms with van der Waals surface area (Å²) in [6.07, 6.45) is 0.560. The molecule has 0 atom stereocenters. The molecule has 0 aliphatic heterocycles. The number of benzene rings is 2. The van der Waals surface area contributed by atoms with Gasteiger partial charge in [-0.15, -0.1) is 0 Å². The van der Waals surface area contributed by atoms with Gasteiger partial charge in [-0.25, -0.2) is 10.2 Å². The van der Waals surface area contributed by atoms with Crippen LogP contribution in [0.4, 0.5) is 4.79 Å². The van der Waals surface area contributed by atoms with E-state index in [1.165, 1.54) is 40.7 Å². The van der Waals surface area contributed by atoms with E-state index in [4.69, 9.17) is 18.9 Å². The monoisotopic (exact) mass is 388 g/mol. The van der Waals surface area contributed by atoms with E-state index in [0.29, 0.717) is 28.4 Å². The number of ether oxygens (including phenoxy) is 5. The van der Waals surface area contributed by atoms with Crippen molar-refractivity contribution < 1.29 is 33.3 Å². The molecule has 2 aromatic rings. The van der Waals surface area contributed by atoms with Crippen LogP contribution in [0.25, 0.3) is 0 Å². The number of carbonyl (C=O) groups excluding carboxylic acids is 2. The van der Waals surface area contributed by atoms with Crippen LogP contribution in [0.5, 0.6) is 23.0 Å². The van der Waals surface area contributed by atoms with E-state index < -0.39 is 12.1 Å². The van der Waals surface area contributed by atoms with Crippen molar-refractivity contribution in [1.82, 2.24) is 5.43 Å². The van der Waals surface area contributed by atoms with E-state index >= 15 is 0 Å². The largest absolute Gasteiger partial charge is 0.513 e. The number of hydrogen-bond acceptors (Lipinski definition) is 8. The first kappa shape index (κ1) is 20.6. The fourth-order valence-electron chi connectivity index (χ4n) is 2.19. The molecule has 0 fully saturated rings. The zero-order valence-corrected chi connectivity index (χ0v) is 15.8. The van der Waals surface area contributed by atoms with Gasteiger partial charge in [-0.3, -0.25) is 4.79 Å². The molecular weight excluding hydrogens is 368 g/mol. The van der Waals surface area contributed by atoms with Gasteiger partial charge in [0.15, 0.2) is 23.0 Å². The lowest BCUT2D eigenvalue weighted by molar-refractivity contribution is 0.0954. The van der Waals surface area contributed by atoms with Crippen LogP contribution in [0.1, 0.15) is 15.9 Å². The van der Waals surface area contributed by atoms with Gasteiger partial charge in [0.05, 0.1) is 34.7 Å². The van der Waals surface area contributed by atoms with Gasteiger partial charge in [-0.2, -0.15) is 5.10 Å². The van der Waals surface area contributed by atoms with Crippen LogP contribution in [0.15, 0.2) is 41.5 Å². The minimum Gasteiger partial charge on any atom is -0.493 e. The predicted molar refractivity (Wildman–Crippen MR) is 101 cm³/mol. The Balaban J connectivity index is 2.07. The van der Waals surface area contributed by atoms with Crippen LogP contribution in [0, 0.1) is 0 Å². The average Bonchev–Trinajstić information content (AvgIpc) is 2.73. The molecule has 0 radical (unpaired) electrons. The van der Waals surface area contributed by atoms with Crippen LogP contribution in [-0.4, -0.2) is 46.7 Å². The van der Waals surface area contributed by atoms with Crippen LogP contribution < -0.4 is 24.4 Å². The highest BCUT2D eigenvalue weighted by molar-refractivity contribution is 5.95. The fourth-order valence-corrected chi connectivity index (χ4v) is 2.19. The predicted octanol–water partition coefficient (Wildman–Crippen LogP) is 2.62. The van der Waals surface area contributed by atoms with Gasteiger partial charge in [-0.05, 0) is 42.0 Å². The van der Waals surface area contributed by atoms with Crippen molar-refractivity contribution in [3.8, 4) is 23.0 Å². The number of carbonyl (C=O) groups is 2. The van der Waals surface area contributed by atoms with Crippen molar-refractivity contribution in [2.45, 2.75) is 0 Å². The van der Waals surface area contributed by atoms with Crippen molar-refractivity contribution in [1.29, 1.82) is 0 Å². The number of nitrogens with one attached hydrogen (secondary N) is 1. The molecule has 0 aromatic heterocycles. The van der Waals surface area contributed by atoms with Crippen molar-refractivity contribution in [2.75, 3.05) is 28.4 Å². The highest BCUT2D eigenvalue weighted by atomic mass is 16.7. The second-order valence-electron chi connectivity index (χ2n) is 5.24. The van der Waals surface area contributed by atoms with Gasteiger partial charge in [-0.1, -0.05) is 0 Å². The Labute approximate surface area is 161 Å². The lowest BCUT2D eigenvalue weighted by Crippen LogP contribution is -2.17. The van der Waals surface area contributed by atoms with E-state index in [-0.39, 0.29) is 5.75 Å². The molecule has 2 rings (SSSR count). The number of hydrazone groups is 1. The molecule has 9 heteroatoms. The van der Waals surface area contributed by atoms with Crippen molar-refractivity contribution in [3.05, 3.63) is 47.5 Å². The van der Waals surface area contributed by atoms with E-state index in [2.05, 4.69) is 15.3 Å². The second-order valence-corrected chi connectivity index (χ2v) is 5.24. The minimum atomic E-state index is -0.859. The molecule has 0 aliphatic rings. The lowest BCUT2D eigenvalue weighted by atomic mass is 10.2. The number of nitrogens with zero attached hydrogens (tertiary/aromatic N) is 1. The lowest BCUT2D eigenvalue weighted by Gasteiger charge is -2.09. The van der Waals surface area contributed by atoms with E-state index in [0.717, 1.165) is 0 Å². The van der Waals surface area contributed by atoms with E-state index in [1.54, 1.807) is 30.3 Å². The highest BCUT2D eigenvalue weighted by Crippen LogP contribution is 2.28. The third-order valence-electron chi connectivity index (χ3n) is 3.57. The summed E-state index contributed by atoms with van der Waals surface area (Å²) in [6.45, 7) is 0. The maximum Gasteiger partial charge on any atom is 0.513 e. The molecular formula is C19H20N2O7. The van der Waals surface area contributed by atoms with Crippen LogP contribution in [-0.2, 0) is 4.74 Å². The number of amides is 1. The maximum absolute atomic E-state index is 12.2. The summed E-state index contributed by atoms with van der Waals surface area (Å²) in [7, 11) is 5.63. The summed E-state index contributed by atoms with van der Waals surface area (Å²) in [5.74, 6) is 1.03. The molecule has 0 bridgehead atoms. The smallest absolute Gasteiger partial charge is 0.493 e. The Morgan fingerprint density at radius 3 is 2.14 bits per heavy atom. The van der Waals surface area contributed by atoms with Gasteiger partial charge in [0.25, 0.3) is 5.91 Å². The first-order valence-electron chi connectivity index (χ1n) is 8.01. The third kappa shape index (κ3) is 5.13. The molecule has 1 N–H and O–H groups in total. The molecule has 28 heavy (non-hydrogen) atoms. The first-order valence-corrected chi connectivity index (χ1v) is 8.01. The third-order valence-corrected chi connectivity index (χ3v) is 3.57. The molecule has 0 aliphatic carbocycles. The standard InChI is InChI=1S/C19H20N2O7/c1-24-14-8-6-13(10-17(14)26-3)18(22)21-20-11-12-5-7-15(16(9-12)25-2)28-19(23)27-4/h5-11H,1-4H3,(H,21,22). The Bertz CT molecular complexity index is 881. The molecule has 9 nitrogen and oxygen atoms in total. The van der Waals surface area contributed by atoms with Gasteiger partial charge < -0.3 is 23.7 Å². The van der Waals surface area contributed by atoms with Crippen molar-refractivity contribution in [3.63, 3.8) is 0 Å². The quantitative estimate of drug-likeness (QED) is 0.336. The van der Waals surface area contributed by atoms with Crippen LogP contribution in [0.2, 0.25) is 0 Å². The Hall–Kier alpha value is -3.75. The Morgan fingerprint density at radius 2 is 1.50 bits per heavy atom. The molecule has 0 saturated heterocycles. The molecule has 1 amide bonds. The van der Waals surface area contributed by atoms with Crippen LogP contribution >= 0.6 is 0 Å². The highest BCUT2D eigenvalue weighted by Gasteiger charge is 2.11. The molecule has 0 saturated carbocycles. The topological polar surface area (TPSA) is 105 Å². The zero-order chi connectivity index (χ0) is 20.5. The summed E-state index contributed by atoms with van der Waals surface area (Å²) in [5.41, 5.74) is 3.39. The molecule has 148 valence electrons. The molecule has 0 unspecified atom stereocenters. The van der Waals surface area contributed by atoms with Gasteiger partial charge >= 0.3 is 6.16 Å². The summed E-state index contributed by atoms with van der Waals surface area (Å²) in [6, 6.07) is 9.51. The molecule has 0 heterocycles. The number of rotatable bonds is 7. The van der Waals surface area contributed by atoms with Gasteiger partial charge in [0.2, 0.25) is 0 Å². The zero-order valence-electron chi connectivity index (χ0n) is 15.8. The van der Waals surface area contributed by atoms with E-state index in [9.17, 15) is 9.59 Å².